The Balaban J connectivity index is 1.62. The first-order chi connectivity index (χ1) is 19.3. The van der Waals surface area contributed by atoms with Crippen molar-refractivity contribution in [3.8, 4) is 22.3 Å². The molecule has 0 atom stereocenters. The summed E-state index contributed by atoms with van der Waals surface area (Å²) in [6.45, 7) is 2.16. The number of aryl methyl sites for hydroxylation is 1. The lowest BCUT2D eigenvalue weighted by molar-refractivity contribution is 1.47. The summed E-state index contributed by atoms with van der Waals surface area (Å²) in [7, 11) is 0. The molecule has 8 rings (SSSR count). The van der Waals surface area contributed by atoms with Crippen molar-refractivity contribution in [2.75, 3.05) is 0 Å². The Bertz CT molecular complexity index is 2220. The molecule has 0 radical (unpaired) electrons. The van der Waals surface area contributed by atoms with E-state index in [0.717, 1.165) is 0 Å². The van der Waals surface area contributed by atoms with Gasteiger partial charge in [0.2, 0.25) is 0 Å². The van der Waals surface area contributed by atoms with Crippen LogP contribution in [0.1, 0.15) is 5.56 Å². The van der Waals surface area contributed by atoms with Crippen LogP contribution in [0.15, 0.2) is 140 Å². The predicted molar refractivity (Wildman–Crippen MR) is 170 cm³/mol. The van der Waals surface area contributed by atoms with Crippen molar-refractivity contribution < 1.29 is 0 Å². The largest absolute Gasteiger partial charge is 0.0622 e. The fourth-order valence-corrected chi connectivity index (χ4v) is 6.49. The van der Waals surface area contributed by atoms with Gasteiger partial charge in [-0.25, -0.2) is 0 Å². The summed E-state index contributed by atoms with van der Waals surface area (Å²) in [6, 6.07) is 51.4. The zero-order valence-electron chi connectivity index (χ0n) is 21.8. The van der Waals surface area contributed by atoms with Crippen LogP contribution in [0.3, 0.4) is 0 Å². The molecule has 0 heterocycles. The normalized spacial score (nSPS) is 11.7. The van der Waals surface area contributed by atoms with Crippen LogP contribution in [-0.4, -0.2) is 0 Å². The van der Waals surface area contributed by atoms with Gasteiger partial charge >= 0.3 is 0 Å². The van der Waals surface area contributed by atoms with Gasteiger partial charge in [0.05, 0.1) is 0 Å². The summed E-state index contributed by atoms with van der Waals surface area (Å²) in [5.74, 6) is 0. The summed E-state index contributed by atoms with van der Waals surface area (Å²) < 4.78 is 0. The van der Waals surface area contributed by atoms with Crippen LogP contribution in [-0.2, 0) is 0 Å². The van der Waals surface area contributed by atoms with Gasteiger partial charge in [-0.15, -0.1) is 0 Å². The van der Waals surface area contributed by atoms with Gasteiger partial charge in [0.15, 0.2) is 0 Å². The van der Waals surface area contributed by atoms with E-state index in [9.17, 15) is 0 Å². The number of hydrogen-bond acceptors (Lipinski definition) is 0. The Kier molecular flexibility index (Phi) is 4.84. The Morgan fingerprint density at radius 2 is 0.718 bits per heavy atom. The van der Waals surface area contributed by atoms with Crippen molar-refractivity contribution in [3.05, 3.63) is 145 Å². The summed E-state index contributed by atoms with van der Waals surface area (Å²) >= 11 is 0. The zero-order valence-corrected chi connectivity index (χ0v) is 21.8. The van der Waals surface area contributed by atoms with Crippen LogP contribution in [0.25, 0.3) is 76.1 Å². The van der Waals surface area contributed by atoms with Crippen molar-refractivity contribution in [2.24, 2.45) is 0 Å². The second-order valence-corrected chi connectivity index (χ2v) is 10.6. The summed E-state index contributed by atoms with van der Waals surface area (Å²) in [4.78, 5) is 0. The molecular weight excluding hydrogens is 468 g/mol. The molecule has 8 aromatic rings. The van der Waals surface area contributed by atoms with Crippen molar-refractivity contribution in [1.82, 2.24) is 0 Å². The van der Waals surface area contributed by atoms with Crippen LogP contribution < -0.4 is 0 Å². The molecule has 0 heteroatoms. The fraction of sp³-hybridized carbons (Fsp3) is 0.0256. The minimum atomic E-state index is 1.24. The molecule has 0 amide bonds. The Morgan fingerprint density at radius 1 is 0.282 bits per heavy atom. The Labute approximate surface area is 227 Å². The average Bonchev–Trinajstić information content (AvgIpc) is 3.00. The lowest BCUT2D eigenvalue weighted by Gasteiger charge is -2.18. The Morgan fingerprint density at radius 3 is 1.28 bits per heavy atom. The molecule has 0 saturated heterocycles. The third-order valence-electron chi connectivity index (χ3n) is 8.26. The average molecular weight is 495 g/mol. The van der Waals surface area contributed by atoms with E-state index in [-0.39, 0.29) is 0 Å². The summed E-state index contributed by atoms with van der Waals surface area (Å²) in [6.07, 6.45) is 0. The van der Waals surface area contributed by atoms with E-state index in [1.165, 1.54) is 81.7 Å². The van der Waals surface area contributed by atoms with Crippen molar-refractivity contribution in [2.45, 2.75) is 6.92 Å². The van der Waals surface area contributed by atoms with Crippen LogP contribution >= 0.6 is 0 Å². The molecule has 0 spiro atoms. The molecule has 0 N–H and O–H groups in total. The van der Waals surface area contributed by atoms with Gasteiger partial charge in [-0.3, -0.25) is 0 Å². The maximum atomic E-state index is 2.41. The highest BCUT2D eigenvalue weighted by Gasteiger charge is 2.17. The van der Waals surface area contributed by atoms with E-state index in [0.29, 0.717) is 0 Å². The third kappa shape index (κ3) is 3.39. The summed E-state index contributed by atoms with van der Waals surface area (Å²) in [5.41, 5.74) is 6.28. The van der Waals surface area contributed by atoms with Crippen LogP contribution in [0.5, 0.6) is 0 Å². The van der Waals surface area contributed by atoms with E-state index < -0.39 is 0 Å². The maximum Gasteiger partial charge on any atom is -0.00137 e. The van der Waals surface area contributed by atoms with E-state index in [1.807, 2.05) is 0 Å². The molecular formula is C39H26. The molecule has 8 aromatic carbocycles. The smallest absolute Gasteiger partial charge is 0.00137 e. The standard InChI is InChI=1S/C39H26/c1-25-10-9-13-27(22-25)29-19-21-33-32-20-18-28(26-11-3-2-4-12-26)23-36(32)38-34-16-7-5-14-30(34)31-15-6-8-17-35(31)39(38)37(33)24-29/h2-24H,1H3. The van der Waals surface area contributed by atoms with Gasteiger partial charge in [-0.05, 0) is 95.2 Å². The highest BCUT2D eigenvalue weighted by molar-refractivity contribution is 6.39. The first kappa shape index (κ1) is 22.1. The zero-order chi connectivity index (χ0) is 25.9. The second kappa shape index (κ2) is 8.55. The molecule has 0 aliphatic heterocycles. The van der Waals surface area contributed by atoms with Gasteiger partial charge < -0.3 is 0 Å². The molecule has 0 unspecified atom stereocenters. The number of fused-ring (bicyclic) bond motifs is 11. The monoisotopic (exact) mass is 494 g/mol. The number of rotatable bonds is 2. The van der Waals surface area contributed by atoms with Crippen LogP contribution in [0, 0.1) is 6.92 Å². The molecule has 0 aliphatic carbocycles. The van der Waals surface area contributed by atoms with Gasteiger partial charge in [0, 0.05) is 0 Å². The molecule has 0 saturated carbocycles. The SMILES string of the molecule is Cc1cccc(-c2ccc3c4ccc(-c5ccccc5)cc4c4c5ccccc5c5ccccc5c4c3c2)c1. The molecule has 0 bridgehead atoms. The minimum Gasteiger partial charge on any atom is -0.0622 e. The van der Waals surface area contributed by atoms with E-state index >= 15 is 0 Å². The van der Waals surface area contributed by atoms with Crippen molar-refractivity contribution >= 4 is 53.9 Å². The molecule has 0 nitrogen and oxygen atoms in total. The predicted octanol–water partition coefficient (Wildman–Crippen LogP) is 11.1. The second-order valence-electron chi connectivity index (χ2n) is 10.6. The van der Waals surface area contributed by atoms with Crippen LogP contribution in [0.4, 0.5) is 0 Å². The molecule has 0 aliphatic rings. The van der Waals surface area contributed by atoms with Crippen LogP contribution in [0.2, 0.25) is 0 Å². The number of benzene rings is 8. The van der Waals surface area contributed by atoms with Crippen molar-refractivity contribution in [1.29, 1.82) is 0 Å². The van der Waals surface area contributed by atoms with E-state index in [4.69, 9.17) is 0 Å². The fourth-order valence-electron chi connectivity index (χ4n) is 6.49. The molecule has 0 aromatic heterocycles. The maximum absolute atomic E-state index is 2.41. The quantitative estimate of drug-likeness (QED) is 0.210. The minimum absolute atomic E-state index is 1.24. The molecule has 0 fully saturated rings. The highest BCUT2D eigenvalue weighted by Crippen LogP contribution is 2.45. The lowest BCUT2D eigenvalue weighted by atomic mass is 9.85. The lowest BCUT2D eigenvalue weighted by Crippen LogP contribution is -1.90. The number of hydrogen-bond donors (Lipinski definition) is 0. The first-order valence-corrected chi connectivity index (χ1v) is 13.6. The topological polar surface area (TPSA) is 0 Å². The molecule has 39 heavy (non-hydrogen) atoms. The first-order valence-electron chi connectivity index (χ1n) is 13.6. The van der Waals surface area contributed by atoms with Gasteiger partial charge in [-0.1, -0.05) is 133 Å². The third-order valence-corrected chi connectivity index (χ3v) is 8.26. The van der Waals surface area contributed by atoms with E-state index in [2.05, 4.69) is 146 Å². The van der Waals surface area contributed by atoms with Gasteiger partial charge in [-0.2, -0.15) is 0 Å². The highest BCUT2D eigenvalue weighted by atomic mass is 14.2. The Hall–Kier alpha value is -4.94. The van der Waals surface area contributed by atoms with Gasteiger partial charge in [0.25, 0.3) is 0 Å². The summed E-state index contributed by atoms with van der Waals surface area (Å²) in [5, 5.41) is 13.1. The van der Waals surface area contributed by atoms with Crippen molar-refractivity contribution in [3.63, 3.8) is 0 Å². The molecule has 182 valence electrons. The van der Waals surface area contributed by atoms with E-state index in [1.54, 1.807) is 0 Å². The van der Waals surface area contributed by atoms with Gasteiger partial charge in [0.1, 0.15) is 0 Å².